The van der Waals surface area contributed by atoms with Crippen LogP contribution in [0.1, 0.15) is 76.5 Å². The Morgan fingerprint density at radius 2 is 2.02 bits per heavy atom. The van der Waals surface area contributed by atoms with Crippen molar-refractivity contribution in [3.05, 3.63) is 88.4 Å². The average molecular weight is 572 g/mol. The minimum absolute atomic E-state index is 0.0284. The highest BCUT2D eigenvalue weighted by Gasteiger charge is 2.29. The van der Waals surface area contributed by atoms with Crippen LogP contribution in [0.25, 0.3) is 5.70 Å². The highest BCUT2D eigenvalue weighted by molar-refractivity contribution is 6.05. The van der Waals surface area contributed by atoms with Crippen LogP contribution in [0.5, 0.6) is 0 Å². The zero-order chi connectivity index (χ0) is 30.6. The van der Waals surface area contributed by atoms with Gasteiger partial charge in [-0.25, -0.2) is 0 Å². The van der Waals surface area contributed by atoms with E-state index in [1.807, 2.05) is 13.0 Å². The van der Waals surface area contributed by atoms with Crippen LogP contribution in [0.4, 0.5) is 0 Å². The molecule has 0 spiro atoms. The van der Waals surface area contributed by atoms with Gasteiger partial charge in [0, 0.05) is 42.4 Å². The minimum Gasteiger partial charge on any atom is -0.349 e. The lowest BCUT2D eigenvalue weighted by molar-refractivity contribution is -0.117. The largest absolute Gasteiger partial charge is 0.349 e. The molecule has 0 bridgehead atoms. The van der Waals surface area contributed by atoms with Crippen molar-refractivity contribution in [3.63, 3.8) is 0 Å². The summed E-state index contributed by atoms with van der Waals surface area (Å²) in [4.78, 5) is 31.3. The van der Waals surface area contributed by atoms with Gasteiger partial charge in [0.1, 0.15) is 12.1 Å². The predicted octanol–water partition coefficient (Wildman–Crippen LogP) is 5.94. The molecule has 1 heterocycles. The standard InChI is InChI=1S/C34H44N4O2.CH5N/c1-6-8-9-32-33(35-21-23(3)4)37-30(28-11-10-24(5)27(20-28)18-19-39)22-38(32)31(7-2)25-12-14-26(15-13-25)34(40)36-29-16-17-29;1-2/h7,9-12,14-15,19-20,22-23,25,29H,6,8,13,16-18,21H2,1-5H3,(H,35,37)(H,36,40);2H2,1H3/b31-7-,32-9+;. The van der Waals surface area contributed by atoms with E-state index in [9.17, 15) is 9.59 Å². The predicted molar refractivity (Wildman–Crippen MR) is 174 cm³/mol. The first-order valence-corrected chi connectivity index (χ1v) is 15.3. The van der Waals surface area contributed by atoms with Crippen LogP contribution in [0, 0.1) is 18.8 Å². The lowest BCUT2D eigenvalue weighted by Gasteiger charge is -2.36. The first-order chi connectivity index (χ1) is 20.3. The Kier molecular flexibility index (Phi) is 12.5. The molecule has 7 nitrogen and oxygen atoms in total. The number of aliphatic imine (C=N–C) groups is 1. The number of allylic oxidation sites excluding steroid dienone is 4. The van der Waals surface area contributed by atoms with Gasteiger partial charge in [-0.1, -0.05) is 69.7 Å². The zero-order valence-corrected chi connectivity index (χ0v) is 26.2. The van der Waals surface area contributed by atoms with E-state index >= 15 is 0 Å². The first-order valence-electron chi connectivity index (χ1n) is 15.3. The Morgan fingerprint density at radius 1 is 1.26 bits per heavy atom. The maximum atomic E-state index is 12.6. The first kappa shape index (κ1) is 32.8. The molecular formula is C35H49N5O2. The number of carbonyl (C=O) groups excluding carboxylic acids is 2. The molecule has 1 aromatic carbocycles. The van der Waals surface area contributed by atoms with E-state index in [1.54, 1.807) is 0 Å². The molecule has 0 saturated heterocycles. The van der Waals surface area contributed by atoms with Crippen molar-refractivity contribution in [1.82, 2.24) is 15.5 Å². The van der Waals surface area contributed by atoms with Crippen LogP contribution >= 0.6 is 0 Å². The molecule has 2 aliphatic carbocycles. The van der Waals surface area contributed by atoms with Gasteiger partial charge in [-0.15, -0.1) is 0 Å². The molecule has 3 aliphatic rings. The number of nitrogens with one attached hydrogen (secondary N) is 2. The van der Waals surface area contributed by atoms with E-state index in [1.165, 1.54) is 7.05 Å². The minimum atomic E-state index is 0.0284. The second-order valence-corrected chi connectivity index (χ2v) is 11.3. The number of aldehydes is 1. The molecule has 226 valence electrons. The third-order valence-corrected chi connectivity index (χ3v) is 7.45. The molecular weight excluding hydrogens is 522 g/mol. The van der Waals surface area contributed by atoms with Crippen molar-refractivity contribution in [1.29, 1.82) is 0 Å². The topological polar surface area (TPSA) is 99.8 Å². The van der Waals surface area contributed by atoms with E-state index in [4.69, 9.17) is 4.99 Å². The summed E-state index contributed by atoms with van der Waals surface area (Å²) in [5.41, 5.74) is 11.5. The molecule has 0 radical (unpaired) electrons. The van der Waals surface area contributed by atoms with Gasteiger partial charge in [-0.3, -0.25) is 9.79 Å². The molecule has 42 heavy (non-hydrogen) atoms. The number of nitrogens with zero attached hydrogens (tertiary/aromatic N) is 2. The Morgan fingerprint density at radius 3 is 2.62 bits per heavy atom. The molecule has 7 heteroatoms. The average Bonchev–Trinajstić information content (AvgIpc) is 3.82. The molecule has 1 atom stereocenters. The lowest BCUT2D eigenvalue weighted by atomic mass is 9.91. The van der Waals surface area contributed by atoms with E-state index in [-0.39, 0.29) is 11.8 Å². The molecule has 1 saturated carbocycles. The second kappa shape index (κ2) is 16.1. The fraction of sp³-hybridized carbons (Fsp3) is 0.457. The van der Waals surface area contributed by atoms with Crippen molar-refractivity contribution in [2.45, 2.75) is 79.2 Å². The van der Waals surface area contributed by atoms with Crippen molar-refractivity contribution in [3.8, 4) is 0 Å². The number of amides is 1. The summed E-state index contributed by atoms with van der Waals surface area (Å²) in [5, 5.41) is 6.73. The Balaban J connectivity index is 0.00000237. The fourth-order valence-corrected chi connectivity index (χ4v) is 4.95. The van der Waals surface area contributed by atoms with Gasteiger partial charge in [-0.2, -0.15) is 0 Å². The Bertz CT molecular complexity index is 1290. The third-order valence-electron chi connectivity index (χ3n) is 7.45. The molecule has 0 aromatic heterocycles. The summed E-state index contributed by atoms with van der Waals surface area (Å²) in [6, 6.07) is 6.63. The maximum Gasteiger partial charge on any atom is 0.251 e. The number of rotatable bonds is 11. The van der Waals surface area contributed by atoms with Crippen molar-refractivity contribution in [2.24, 2.45) is 22.6 Å². The smallest absolute Gasteiger partial charge is 0.251 e. The van der Waals surface area contributed by atoms with Gasteiger partial charge >= 0.3 is 0 Å². The van der Waals surface area contributed by atoms with Gasteiger partial charge in [0.05, 0.1) is 11.4 Å². The van der Waals surface area contributed by atoms with Crippen LogP contribution < -0.4 is 16.4 Å². The molecule has 1 aromatic rings. The molecule has 1 amide bonds. The van der Waals surface area contributed by atoms with Gasteiger partial charge < -0.3 is 26.1 Å². The molecule has 1 fully saturated rings. The highest BCUT2D eigenvalue weighted by Crippen LogP contribution is 2.34. The number of hydrogen-bond acceptors (Lipinski definition) is 5. The Labute approximate surface area is 252 Å². The van der Waals surface area contributed by atoms with Crippen LogP contribution in [-0.2, 0) is 16.0 Å². The number of hydrogen-bond donors (Lipinski definition) is 3. The van der Waals surface area contributed by atoms with Crippen molar-refractivity contribution >= 4 is 23.7 Å². The number of carbonyl (C=O) groups is 2. The third kappa shape index (κ3) is 8.65. The van der Waals surface area contributed by atoms with Gasteiger partial charge in [0.15, 0.2) is 0 Å². The number of nitrogens with two attached hydrogens (primary N) is 1. The second-order valence-electron chi connectivity index (χ2n) is 11.3. The normalized spacial score (nSPS) is 20.5. The SMILES string of the molecule is C/C=C(/C1C=CC(C(=O)NC2CC2)=CC1)N1C=C(c2ccc(C)c(CC=O)c2)NC(=NCC(C)C)/C1=C\CCC.CN. The molecule has 4 N–H and O–H groups in total. The van der Waals surface area contributed by atoms with Crippen LogP contribution in [-0.4, -0.2) is 42.6 Å². The summed E-state index contributed by atoms with van der Waals surface area (Å²) >= 11 is 0. The van der Waals surface area contributed by atoms with Crippen molar-refractivity contribution < 1.29 is 9.59 Å². The van der Waals surface area contributed by atoms with Crippen LogP contribution in [0.2, 0.25) is 0 Å². The van der Waals surface area contributed by atoms with Crippen molar-refractivity contribution in [2.75, 3.05) is 13.6 Å². The number of aryl methyl sites for hydroxylation is 1. The van der Waals surface area contributed by atoms with E-state index in [0.29, 0.717) is 24.9 Å². The molecule has 1 aliphatic heterocycles. The van der Waals surface area contributed by atoms with Gasteiger partial charge in [0.25, 0.3) is 5.91 Å². The van der Waals surface area contributed by atoms with Crippen LogP contribution in [0.15, 0.2) is 76.7 Å². The van der Waals surface area contributed by atoms with Gasteiger partial charge in [0.2, 0.25) is 0 Å². The zero-order valence-electron chi connectivity index (χ0n) is 26.2. The lowest BCUT2D eigenvalue weighted by Crippen LogP contribution is -2.39. The molecule has 4 rings (SSSR count). The summed E-state index contributed by atoms with van der Waals surface area (Å²) in [6.45, 7) is 11.4. The van der Waals surface area contributed by atoms with Gasteiger partial charge in [-0.05, 0) is 75.3 Å². The number of unbranched alkanes of at least 4 members (excludes halogenated alkanes) is 1. The van der Waals surface area contributed by atoms with Crippen LogP contribution in [0.3, 0.4) is 0 Å². The van der Waals surface area contributed by atoms with E-state index in [0.717, 1.165) is 83.6 Å². The summed E-state index contributed by atoms with van der Waals surface area (Å²) in [7, 11) is 1.50. The summed E-state index contributed by atoms with van der Waals surface area (Å²) < 4.78 is 0. The highest BCUT2D eigenvalue weighted by atomic mass is 16.1. The Hall–Kier alpha value is -3.71. The number of amidine groups is 1. The molecule has 1 unspecified atom stereocenters. The van der Waals surface area contributed by atoms with E-state index in [2.05, 4.69) is 97.7 Å². The monoisotopic (exact) mass is 571 g/mol. The summed E-state index contributed by atoms with van der Waals surface area (Å²) in [6.07, 6.45) is 19.0. The quantitative estimate of drug-likeness (QED) is 0.286. The fourth-order valence-electron chi connectivity index (χ4n) is 4.95. The number of benzene rings is 1. The maximum absolute atomic E-state index is 12.6. The summed E-state index contributed by atoms with van der Waals surface area (Å²) in [5.74, 6) is 1.44. The van der Waals surface area contributed by atoms with E-state index < -0.39 is 0 Å².